The number of urea groups is 1. The first-order valence-corrected chi connectivity index (χ1v) is 6.77. The van der Waals surface area contributed by atoms with Crippen LogP contribution in [-0.4, -0.2) is 23.7 Å². The van der Waals surface area contributed by atoms with Crippen LogP contribution in [-0.2, 0) is 22.7 Å². The summed E-state index contributed by atoms with van der Waals surface area (Å²) in [6.07, 6.45) is 0. The third-order valence-corrected chi connectivity index (χ3v) is 2.75. The lowest BCUT2D eigenvalue weighted by Crippen LogP contribution is -2.38. The van der Waals surface area contributed by atoms with Crippen molar-refractivity contribution in [1.29, 1.82) is 0 Å². The van der Waals surface area contributed by atoms with E-state index in [1.807, 2.05) is 30.3 Å². The van der Waals surface area contributed by atoms with Gasteiger partial charge in [-0.2, -0.15) is 0 Å². The van der Waals surface area contributed by atoms with E-state index in [9.17, 15) is 9.59 Å². The maximum Gasteiger partial charge on any atom is 0.325 e. The van der Waals surface area contributed by atoms with E-state index in [2.05, 4.69) is 15.8 Å². The summed E-state index contributed by atoms with van der Waals surface area (Å²) in [5.74, 6) is 0.0972. The van der Waals surface area contributed by atoms with Crippen molar-refractivity contribution in [3.63, 3.8) is 0 Å². The number of hydrogen-bond donors (Lipinski definition) is 2. The first kappa shape index (κ1) is 15.6. The van der Waals surface area contributed by atoms with E-state index >= 15 is 0 Å². The summed E-state index contributed by atoms with van der Waals surface area (Å²) < 4.78 is 9.80. The Bertz CT molecular complexity index is 625. The summed E-state index contributed by atoms with van der Waals surface area (Å²) in [6, 6.07) is 10.7. The molecule has 0 aliphatic heterocycles. The average molecular weight is 303 g/mol. The Hall–Kier alpha value is -2.83. The number of esters is 1. The van der Waals surface area contributed by atoms with Crippen LogP contribution >= 0.6 is 0 Å². The monoisotopic (exact) mass is 303 g/mol. The maximum absolute atomic E-state index is 11.5. The van der Waals surface area contributed by atoms with Gasteiger partial charge in [0, 0.05) is 12.6 Å². The van der Waals surface area contributed by atoms with Crippen molar-refractivity contribution in [2.75, 3.05) is 6.54 Å². The smallest absolute Gasteiger partial charge is 0.325 e. The second-order valence-electron chi connectivity index (χ2n) is 4.61. The minimum Gasteiger partial charge on any atom is -0.458 e. The fraction of sp³-hybridized carbons (Fsp3) is 0.267. The van der Waals surface area contributed by atoms with Gasteiger partial charge in [-0.05, 0) is 12.5 Å². The molecule has 0 radical (unpaired) electrons. The van der Waals surface area contributed by atoms with Crippen LogP contribution in [0.2, 0.25) is 0 Å². The highest BCUT2D eigenvalue weighted by molar-refractivity contribution is 5.80. The van der Waals surface area contributed by atoms with Gasteiger partial charge in [0.2, 0.25) is 0 Å². The Balaban J connectivity index is 1.62. The molecule has 116 valence electrons. The number of benzene rings is 1. The molecule has 7 heteroatoms. The van der Waals surface area contributed by atoms with E-state index < -0.39 is 12.0 Å². The molecule has 0 atom stereocenters. The maximum atomic E-state index is 11.5. The Morgan fingerprint density at radius 1 is 1.23 bits per heavy atom. The molecular weight excluding hydrogens is 286 g/mol. The minimum atomic E-state index is -0.546. The van der Waals surface area contributed by atoms with Gasteiger partial charge in [-0.25, -0.2) is 4.79 Å². The van der Waals surface area contributed by atoms with Gasteiger partial charge in [-0.1, -0.05) is 35.5 Å². The van der Waals surface area contributed by atoms with Crippen LogP contribution in [0.1, 0.15) is 17.0 Å². The van der Waals surface area contributed by atoms with E-state index in [1.165, 1.54) is 0 Å². The van der Waals surface area contributed by atoms with Crippen molar-refractivity contribution < 1.29 is 18.8 Å². The van der Waals surface area contributed by atoms with Crippen LogP contribution < -0.4 is 10.6 Å². The van der Waals surface area contributed by atoms with Gasteiger partial charge >= 0.3 is 12.0 Å². The third-order valence-electron chi connectivity index (χ3n) is 2.75. The zero-order chi connectivity index (χ0) is 15.8. The molecule has 1 aromatic carbocycles. The molecule has 0 bridgehead atoms. The SMILES string of the molecule is Cc1cc(COC(=O)CNC(=O)NCc2ccccc2)no1. The predicted octanol–water partition coefficient (Wildman–Crippen LogP) is 1.53. The zero-order valence-electron chi connectivity index (χ0n) is 12.2. The van der Waals surface area contributed by atoms with E-state index in [1.54, 1.807) is 13.0 Å². The van der Waals surface area contributed by atoms with Crippen molar-refractivity contribution in [3.05, 3.63) is 53.4 Å². The lowest BCUT2D eigenvalue weighted by molar-refractivity contribution is -0.143. The number of carbonyl (C=O) groups excluding carboxylic acids is 2. The molecule has 0 aliphatic carbocycles. The molecule has 1 heterocycles. The summed E-state index contributed by atoms with van der Waals surface area (Å²) in [6.45, 7) is 1.94. The number of aromatic nitrogens is 1. The number of amides is 2. The quantitative estimate of drug-likeness (QED) is 0.789. The highest BCUT2D eigenvalue weighted by Gasteiger charge is 2.08. The molecule has 0 fully saturated rings. The molecule has 0 saturated carbocycles. The molecule has 0 aliphatic rings. The summed E-state index contributed by atoms with van der Waals surface area (Å²) in [4.78, 5) is 23.0. The van der Waals surface area contributed by atoms with Gasteiger partial charge < -0.3 is 19.9 Å². The van der Waals surface area contributed by atoms with Gasteiger partial charge in [0.25, 0.3) is 0 Å². The van der Waals surface area contributed by atoms with E-state index in [0.717, 1.165) is 5.56 Å². The van der Waals surface area contributed by atoms with Gasteiger partial charge in [0.15, 0.2) is 0 Å². The highest BCUT2D eigenvalue weighted by Crippen LogP contribution is 2.02. The van der Waals surface area contributed by atoms with E-state index in [-0.39, 0.29) is 13.2 Å². The van der Waals surface area contributed by atoms with Gasteiger partial charge in [0.05, 0.1) is 0 Å². The van der Waals surface area contributed by atoms with E-state index in [4.69, 9.17) is 9.26 Å². The Labute approximate surface area is 127 Å². The topological polar surface area (TPSA) is 93.5 Å². The van der Waals surface area contributed by atoms with Crippen molar-refractivity contribution in [2.24, 2.45) is 0 Å². The Morgan fingerprint density at radius 3 is 2.68 bits per heavy atom. The Morgan fingerprint density at radius 2 is 2.00 bits per heavy atom. The van der Waals surface area contributed by atoms with Crippen LogP contribution in [0.25, 0.3) is 0 Å². The van der Waals surface area contributed by atoms with Crippen LogP contribution in [0.3, 0.4) is 0 Å². The number of nitrogens with one attached hydrogen (secondary N) is 2. The fourth-order valence-electron chi connectivity index (χ4n) is 1.68. The summed E-state index contributed by atoms with van der Waals surface area (Å²) in [5, 5.41) is 8.77. The number of rotatable bonds is 6. The molecule has 0 unspecified atom stereocenters. The second-order valence-corrected chi connectivity index (χ2v) is 4.61. The lowest BCUT2D eigenvalue weighted by Gasteiger charge is -2.07. The van der Waals surface area contributed by atoms with Crippen LogP contribution in [0.5, 0.6) is 0 Å². The van der Waals surface area contributed by atoms with Crippen LogP contribution in [0.4, 0.5) is 4.79 Å². The zero-order valence-corrected chi connectivity index (χ0v) is 12.2. The highest BCUT2D eigenvalue weighted by atomic mass is 16.5. The summed E-state index contributed by atoms with van der Waals surface area (Å²) >= 11 is 0. The van der Waals surface area contributed by atoms with Crippen LogP contribution in [0.15, 0.2) is 40.9 Å². The molecule has 2 amide bonds. The number of hydrogen-bond acceptors (Lipinski definition) is 5. The fourth-order valence-corrected chi connectivity index (χ4v) is 1.68. The first-order valence-electron chi connectivity index (χ1n) is 6.77. The number of nitrogens with zero attached hydrogens (tertiary/aromatic N) is 1. The molecule has 1 aromatic heterocycles. The van der Waals surface area contributed by atoms with E-state index in [0.29, 0.717) is 18.0 Å². The molecule has 2 N–H and O–H groups in total. The normalized spacial score (nSPS) is 10.0. The van der Waals surface area contributed by atoms with Gasteiger partial charge in [-0.15, -0.1) is 0 Å². The number of ether oxygens (including phenoxy) is 1. The standard InChI is InChI=1S/C15H17N3O4/c1-11-7-13(18-22-11)10-21-14(19)9-17-15(20)16-8-12-5-3-2-4-6-12/h2-7H,8-10H2,1H3,(H2,16,17,20). The third kappa shape index (κ3) is 5.28. The van der Waals surface area contributed by atoms with Gasteiger partial charge in [0.1, 0.15) is 24.6 Å². The Kier molecular flexibility index (Phi) is 5.53. The van der Waals surface area contributed by atoms with Crippen molar-refractivity contribution in [2.45, 2.75) is 20.1 Å². The van der Waals surface area contributed by atoms with Gasteiger partial charge in [-0.3, -0.25) is 4.79 Å². The van der Waals surface area contributed by atoms with Crippen molar-refractivity contribution in [1.82, 2.24) is 15.8 Å². The molecule has 22 heavy (non-hydrogen) atoms. The number of aryl methyl sites for hydroxylation is 1. The molecule has 0 spiro atoms. The first-order chi connectivity index (χ1) is 10.6. The summed E-state index contributed by atoms with van der Waals surface area (Å²) in [5.41, 5.74) is 1.50. The molecular formula is C15H17N3O4. The van der Waals surface area contributed by atoms with Crippen molar-refractivity contribution >= 4 is 12.0 Å². The molecule has 0 saturated heterocycles. The average Bonchev–Trinajstić information content (AvgIpc) is 2.95. The molecule has 2 aromatic rings. The number of carbonyl (C=O) groups is 2. The predicted molar refractivity (Wildman–Crippen MR) is 77.7 cm³/mol. The van der Waals surface area contributed by atoms with Crippen LogP contribution in [0, 0.1) is 6.92 Å². The molecule has 2 rings (SSSR count). The second kappa shape index (κ2) is 7.82. The largest absolute Gasteiger partial charge is 0.458 e. The van der Waals surface area contributed by atoms with Crippen molar-refractivity contribution in [3.8, 4) is 0 Å². The lowest BCUT2D eigenvalue weighted by atomic mass is 10.2. The summed E-state index contributed by atoms with van der Waals surface area (Å²) in [7, 11) is 0. The minimum absolute atomic E-state index is 0.0173. The molecule has 7 nitrogen and oxygen atoms in total.